The van der Waals surface area contributed by atoms with Crippen LogP contribution >= 0.6 is 0 Å². The zero-order valence-electron chi connectivity index (χ0n) is 8.04. The lowest BCUT2D eigenvalue weighted by Gasteiger charge is -2.25. The molecule has 1 fully saturated rings. The Labute approximate surface area is 83.5 Å². The summed E-state index contributed by atoms with van der Waals surface area (Å²) in [6.07, 6.45) is 1.09. The molecular weight excluding hydrogens is 206 g/mol. The van der Waals surface area contributed by atoms with Gasteiger partial charge in [-0.2, -0.15) is 0 Å². The largest absolute Gasteiger partial charge is 0.354 e. The number of amides is 1. The van der Waals surface area contributed by atoms with Gasteiger partial charge in [-0.25, -0.2) is 13.1 Å². The third kappa shape index (κ3) is 4.03. The van der Waals surface area contributed by atoms with Crippen LogP contribution in [0.3, 0.4) is 0 Å². The van der Waals surface area contributed by atoms with Gasteiger partial charge in [0.05, 0.1) is 12.2 Å². The first-order valence-corrected chi connectivity index (χ1v) is 6.31. The summed E-state index contributed by atoms with van der Waals surface area (Å²) in [6.45, 7) is 2.00. The first-order valence-electron chi connectivity index (χ1n) is 4.42. The van der Waals surface area contributed by atoms with E-state index in [1.54, 1.807) is 0 Å². The molecule has 0 unspecified atom stereocenters. The molecule has 0 spiro atoms. The topological polar surface area (TPSA) is 87.3 Å². The maximum absolute atomic E-state index is 11.2. The van der Waals surface area contributed by atoms with Crippen molar-refractivity contribution in [3.05, 3.63) is 0 Å². The molecule has 3 N–H and O–H groups in total. The van der Waals surface area contributed by atoms with Gasteiger partial charge in [0, 0.05) is 26.2 Å². The average Bonchev–Trinajstić information content (AvgIpc) is 1.92. The minimum atomic E-state index is -3.15. The lowest BCUT2D eigenvalue weighted by molar-refractivity contribution is -0.126. The van der Waals surface area contributed by atoms with Crippen molar-refractivity contribution in [2.75, 3.05) is 32.4 Å². The minimum Gasteiger partial charge on any atom is -0.354 e. The SMILES string of the molecule is CS(=O)(=O)NCCNC(=O)C1CNC1. The third-order valence-corrected chi connectivity index (χ3v) is 2.67. The molecule has 1 heterocycles. The lowest BCUT2D eigenvalue weighted by Crippen LogP contribution is -2.51. The quantitative estimate of drug-likeness (QED) is 0.463. The van der Waals surface area contributed by atoms with Crippen molar-refractivity contribution in [3.8, 4) is 0 Å². The summed E-state index contributed by atoms with van der Waals surface area (Å²) in [5.74, 6) is 0.0345. The van der Waals surface area contributed by atoms with Crippen LogP contribution in [0.2, 0.25) is 0 Å². The number of rotatable bonds is 5. The van der Waals surface area contributed by atoms with E-state index in [1.165, 1.54) is 0 Å². The predicted molar refractivity (Wildman–Crippen MR) is 52.2 cm³/mol. The highest BCUT2D eigenvalue weighted by molar-refractivity contribution is 7.88. The predicted octanol–water partition coefficient (Wildman–Crippen LogP) is -2.13. The van der Waals surface area contributed by atoms with E-state index in [-0.39, 0.29) is 18.4 Å². The van der Waals surface area contributed by atoms with Crippen molar-refractivity contribution in [1.29, 1.82) is 0 Å². The van der Waals surface area contributed by atoms with Gasteiger partial charge in [0.25, 0.3) is 0 Å². The molecule has 1 aliphatic heterocycles. The maximum atomic E-state index is 11.2. The number of hydrogen-bond acceptors (Lipinski definition) is 4. The van der Waals surface area contributed by atoms with Gasteiger partial charge in [-0.05, 0) is 0 Å². The van der Waals surface area contributed by atoms with Crippen LogP contribution in [0.15, 0.2) is 0 Å². The summed E-state index contributed by atoms with van der Waals surface area (Å²) >= 11 is 0. The van der Waals surface area contributed by atoms with Crippen LogP contribution in [-0.4, -0.2) is 46.8 Å². The van der Waals surface area contributed by atoms with Gasteiger partial charge in [-0.3, -0.25) is 4.79 Å². The van der Waals surface area contributed by atoms with Gasteiger partial charge >= 0.3 is 0 Å². The second kappa shape index (κ2) is 4.72. The summed E-state index contributed by atoms with van der Waals surface area (Å²) in [5.41, 5.74) is 0. The van der Waals surface area contributed by atoms with Crippen LogP contribution in [0, 0.1) is 5.92 Å². The number of hydrogen-bond donors (Lipinski definition) is 3. The fourth-order valence-electron chi connectivity index (χ4n) is 1.04. The summed E-state index contributed by atoms with van der Waals surface area (Å²) in [4.78, 5) is 11.2. The molecule has 6 nitrogen and oxygen atoms in total. The first kappa shape index (κ1) is 11.4. The van der Waals surface area contributed by atoms with Crippen molar-refractivity contribution < 1.29 is 13.2 Å². The number of carbonyl (C=O) groups is 1. The Bertz CT molecular complexity index is 297. The van der Waals surface area contributed by atoms with E-state index in [1.807, 2.05) is 0 Å². The van der Waals surface area contributed by atoms with Crippen LogP contribution in [0.4, 0.5) is 0 Å². The molecule has 1 saturated heterocycles. The van der Waals surface area contributed by atoms with Gasteiger partial charge in [-0.15, -0.1) is 0 Å². The molecular formula is C7H15N3O3S. The van der Waals surface area contributed by atoms with Gasteiger partial charge in [0.15, 0.2) is 0 Å². The van der Waals surface area contributed by atoms with Crippen LogP contribution in [-0.2, 0) is 14.8 Å². The van der Waals surface area contributed by atoms with E-state index in [4.69, 9.17) is 0 Å². The zero-order chi connectivity index (χ0) is 10.6. The van der Waals surface area contributed by atoms with Crippen molar-refractivity contribution in [2.45, 2.75) is 0 Å². The second-order valence-electron chi connectivity index (χ2n) is 3.31. The minimum absolute atomic E-state index is 0.0148. The monoisotopic (exact) mass is 221 g/mol. The summed E-state index contributed by atoms with van der Waals surface area (Å²) in [5, 5.41) is 5.64. The molecule has 0 radical (unpaired) electrons. The molecule has 1 aliphatic rings. The second-order valence-corrected chi connectivity index (χ2v) is 5.15. The van der Waals surface area contributed by atoms with E-state index in [0.29, 0.717) is 19.6 Å². The first-order chi connectivity index (χ1) is 6.49. The maximum Gasteiger partial charge on any atom is 0.225 e. The smallest absolute Gasteiger partial charge is 0.225 e. The van der Waals surface area contributed by atoms with Gasteiger partial charge in [0.1, 0.15) is 0 Å². The van der Waals surface area contributed by atoms with Crippen molar-refractivity contribution >= 4 is 15.9 Å². The molecule has 0 atom stereocenters. The molecule has 0 saturated carbocycles. The molecule has 82 valence electrons. The zero-order valence-corrected chi connectivity index (χ0v) is 8.86. The Hall–Kier alpha value is -0.660. The van der Waals surface area contributed by atoms with E-state index >= 15 is 0 Å². The van der Waals surface area contributed by atoms with Crippen LogP contribution < -0.4 is 15.4 Å². The third-order valence-electron chi connectivity index (χ3n) is 1.94. The van der Waals surface area contributed by atoms with Crippen LogP contribution in [0.1, 0.15) is 0 Å². The summed E-state index contributed by atoms with van der Waals surface area (Å²) in [6, 6.07) is 0. The Morgan fingerprint density at radius 1 is 1.43 bits per heavy atom. The molecule has 0 bridgehead atoms. The highest BCUT2D eigenvalue weighted by Gasteiger charge is 2.23. The van der Waals surface area contributed by atoms with Crippen LogP contribution in [0.25, 0.3) is 0 Å². The van der Waals surface area contributed by atoms with Gasteiger partial charge < -0.3 is 10.6 Å². The molecule has 0 aromatic heterocycles. The van der Waals surface area contributed by atoms with E-state index in [0.717, 1.165) is 6.26 Å². The molecule has 0 aromatic rings. The van der Waals surface area contributed by atoms with Crippen LogP contribution in [0.5, 0.6) is 0 Å². The number of sulfonamides is 1. The fraction of sp³-hybridized carbons (Fsp3) is 0.857. The highest BCUT2D eigenvalue weighted by Crippen LogP contribution is 2.01. The number of nitrogens with one attached hydrogen (secondary N) is 3. The van der Waals surface area contributed by atoms with Crippen molar-refractivity contribution in [3.63, 3.8) is 0 Å². The van der Waals surface area contributed by atoms with Crippen molar-refractivity contribution in [2.24, 2.45) is 5.92 Å². The molecule has 7 heteroatoms. The summed E-state index contributed by atoms with van der Waals surface area (Å²) in [7, 11) is -3.15. The normalized spacial score (nSPS) is 17.5. The molecule has 14 heavy (non-hydrogen) atoms. The van der Waals surface area contributed by atoms with E-state index in [2.05, 4.69) is 15.4 Å². The number of carbonyl (C=O) groups excluding carboxylic acids is 1. The average molecular weight is 221 g/mol. The van der Waals surface area contributed by atoms with E-state index in [9.17, 15) is 13.2 Å². The standard InChI is InChI=1S/C7H15N3O3S/c1-14(12,13)10-3-2-9-7(11)6-4-8-5-6/h6,8,10H,2-5H2,1H3,(H,9,11). The van der Waals surface area contributed by atoms with E-state index < -0.39 is 10.0 Å². The molecule has 1 rings (SSSR count). The van der Waals surface area contributed by atoms with Gasteiger partial charge in [-0.1, -0.05) is 0 Å². The molecule has 0 aliphatic carbocycles. The highest BCUT2D eigenvalue weighted by atomic mass is 32.2. The fourth-order valence-corrected chi connectivity index (χ4v) is 1.51. The van der Waals surface area contributed by atoms with Crippen molar-refractivity contribution in [1.82, 2.24) is 15.4 Å². The lowest BCUT2D eigenvalue weighted by atomic mass is 10.0. The summed E-state index contributed by atoms with van der Waals surface area (Å²) < 4.78 is 23.6. The Morgan fingerprint density at radius 3 is 2.50 bits per heavy atom. The molecule has 0 aromatic carbocycles. The molecule has 1 amide bonds. The Morgan fingerprint density at radius 2 is 2.07 bits per heavy atom. The Kier molecular flexibility index (Phi) is 3.85. The Balaban J connectivity index is 2.06. The van der Waals surface area contributed by atoms with Gasteiger partial charge in [0.2, 0.25) is 15.9 Å².